The topological polar surface area (TPSA) is 234 Å². The van der Waals surface area contributed by atoms with Gasteiger partial charge >= 0.3 is 5.97 Å². The van der Waals surface area contributed by atoms with Gasteiger partial charge < -0.3 is 69.3 Å². The Bertz CT molecular complexity index is 961. The van der Waals surface area contributed by atoms with Gasteiger partial charge in [-0.3, -0.25) is 0 Å². The summed E-state index contributed by atoms with van der Waals surface area (Å²) in [4.78, 5) is 12.3. The smallest absolute Gasteiger partial charge is 0.330 e. The van der Waals surface area contributed by atoms with Gasteiger partial charge in [-0.2, -0.15) is 0 Å². The first-order valence-electron chi connectivity index (χ1n) is 11.4. The Hall–Kier alpha value is -2.57. The monoisotopic (exact) mass is 548 g/mol. The average Bonchev–Trinajstić information content (AvgIpc) is 3.16. The van der Waals surface area contributed by atoms with Crippen LogP contribution in [0.25, 0.3) is 6.08 Å². The van der Waals surface area contributed by atoms with Crippen LogP contribution in [-0.4, -0.2) is 136 Å². The third kappa shape index (κ3) is 6.02. The molecule has 8 N–H and O–H groups in total. The van der Waals surface area contributed by atoms with Crippen LogP contribution in [0, 0.1) is 0 Å². The van der Waals surface area contributed by atoms with Crippen LogP contribution < -0.4 is 9.47 Å². The lowest BCUT2D eigenvalue weighted by atomic mass is 9.99. The van der Waals surface area contributed by atoms with Crippen LogP contribution in [0.2, 0.25) is 0 Å². The number of methoxy groups -OCH3 is 2. The number of aliphatic hydroxyl groups excluding tert-OH is 7. The lowest BCUT2D eigenvalue weighted by molar-refractivity contribution is -0.383. The van der Waals surface area contributed by atoms with Crippen molar-refractivity contribution in [3.05, 3.63) is 23.8 Å². The van der Waals surface area contributed by atoms with E-state index in [1.807, 2.05) is 0 Å². The van der Waals surface area contributed by atoms with Crippen LogP contribution in [0.3, 0.4) is 0 Å². The number of esters is 1. The summed E-state index contributed by atoms with van der Waals surface area (Å²) in [6.07, 6.45) is -11.2. The third-order valence-electron chi connectivity index (χ3n) is 6.19. The molecule has 0 aliphatic carbocycles. The first kappa shape index (κ1) is 30.0. The minimum absolute atomic E-state index is 0.101. The largest absolute Gasteiger partial charge is 0.502 e. The molecule has 9 atom stereocenters. The van der Waals surface area contributed by atoms with Crippen LogP contribution in [0.5, 0.6) is 17.2 Å². The van der Waals surface area contributed by atoms with Gasteiger partial charge in [0, 0.05) is 6.08 Å². The maximum Gasteiger partial charge on any atom is 0.330 e. The van der Waals surface area contributed by atoms with Gasteiger partial charge in [0.25, 0.3) is 0 Å². The molecule has 0 aromatic heterocycles. The molecule has 1 aromatic rings. The SMILES string of the molecule is COc1cc(/C=C/C(=O)OCC2OC(OC3(CO)OC(CO)C(O)C3O)C(O)C(O)C2O)cc(OC)c1O. The van der Waals surface area contributed by atoms with Crippen molar-refractivity contribution < 1.29 is 74.1 Å². The number of phenols is 1. The van der Waals surface area contributed by atoms with Gasteiger partial charge in [0.2, 0.25) is 11.5 Å². The van der Waals surface area contributed by atoms with Gasteiger partial charge in [-0.1, -0.05) is 0 Å². The molecule has 2 saturated heterocycles. The maximum atomic E-state index is 12.3. The van der Waals surface area contributed by atoms with Gasteiger partial charge in [0.1, 0.15) is 55.9 Å². The van der Waals surface area contributed by atoms with E-state index in [0.29, 0.717) is 5.56 Å². The minimum atomic E-state index is -2.34. The molecule has 0 spiro atoms. The summed E-state index contributed by atoms with van der Waals surface area (Å²) in [5.74, 6) is -3.25. The minimum Gasteiger partial charge on any atom is -0.502 e. The zero-order chi connectivity index (χ0) is 28.2. The van der Waals surface area contributed by atoms with Gasteiger partial charge in [-0.25, -0.2) is 4.79 Å². The first-order valence-corrected chi connectivity index (χ1v) is 11.4. The number of phenolic OH excluding ortho intramolecular Hbond substituents is 1. The quantitative estimate of drug-likeness (QED) is 0.105. The fraction of sp³-hybridized carbons (Fsp3) is 0.609. The Labute approximate surface area is 216 Å². The number of benzene rings is 1. The number of hydrogen-bond acceptors (Lipinski definition) is 15. The number of rotatable bonds is 10. The molecule has 2 heterocycles. The Balaban J connectivity index is 1.66. The van der Waals surface area contributed by atoms with Crippen LogP contribution in [0.1, 0.15) is 5.56 Å². The molecular formula is C23H32O15. The van der Waals surface area contributed by atoms with Crippen molar-refractivity contribution in [3.8, 4) is 17.2 Å². The Morgan fingerprint density at radius 1 is 0.974 bits per heavy atom. The molecule has 2 aliphatic rings. The summed E-state index contributed by atoms with van der Waals surface area (Å²) in [7, 11) is 2.67. The van der Waals surface area contributed by atoms with Crippen molar-refractivity contribution in [3.63, 3.8) is 0 Å². The highest BCUT2D eigenvalue weighted by molar-refractivity contribution is 5.87. The molecule has 2 aliphatic heterocycles. The van der Waals surface area contributed by atoms with Crippen molar-refractivity contribution >= 4 is 12.0 Å². The molecule has 15 heteroatoms. The summed E-state index contributed by atoms with van der Waals surface area (Å²) < 4.78 is 31.2. The normalized spacial score (nSPS) is 35.4. The van der Waals surface area contributed by atoms with Gasteiger partial charge in [-0.15, -0.1) is 0 Å². The maximum absolute atomic E-state index is 12.3. The average molecular weight is 548 g/mol. The Morgan fingerprint density at radius 2 is 1.61 bits per heavy atom. The molecule has 0 bridgehead atoms. The molecule has 0 saturated carbocycles. The molecule has 214 valence electrons. The summed E-state index contributed by atoms with van der Waals surface area (Å²) in [6, 6.07) is 2.87. The van der Waals surface area contributed by atoms with Crippen LogP contribution in [-0.2, 0) is 23.7 Å². The third-order valence-corrected chi connectivity index (χ3v) is 6.19. The van der Waals surface area contributed by atoms with Crippen LogP contribution in [0.4, 0.5) is 0 Å². The zero-order valence-corrected chi connectivity index (χ0v) is 20.5. The Morgan fingerprint density at radius 3 is 2.13 bits per heavy atom. The predicted molar refractivity (Wildman–Crippen MR) is 123 cm³/mol. The van der Waals surface area contributed by atoms with E-state index >= 15 is 0 Å². The highest BCUT2D eigenvalue weighted by Gasteiger charge is 2.58. The van der Waals surface area contributed by atoms with E-state index in [2.05, 4.69) is 0 Å². The first-order chi connectivity index (χ1) is 18.0. The number of hydrogen-bond donors (Lipinski definition) is 8. The standard InChI is InChI=1S/C23H32O15/c1-33-11-5-10(6-12(34-2)16(11)27)3-4-15(26)35-8-14-17(28)19(30)20(31)22(36-14)38-23(9-25)21(32)18(29)13(7-24)37-23/h3-6,13-14,17-22,24-25,27-32H,7-9H2,1-2H3/b4-3+. The summed E-state index contributed by atoms with van der Waals surface area (Å²) in [5, 5.41) is 80.2. The van der Waals surface area contributed by atoms with E-state index in [1.54, 1.807) is 0 Å². The summed E-state index contributed by atoms with van der Waals surface area (Å²) in [6.45, 7) is -2.38. The molecule has 0 amide bonds. The van der Waals surface area contributed by atoms with Gasteiger partial charge in [0.05, 0.1) is 20.8 Å². The molecule has 3 rings (SSSR count). The number of ether oxygens (including phenoxy) is 6. The van der Waals surface area contributed by atoms with E-state index in [-0.39, 0.29) is 17.2 Å². The predicted octanol–water partition coefficient (Wildman–Crippen LogP) is -3.41. The van der Waals surface area contributed by atoms with Crippen molar-refractivity contribution in [2.45, 2.75) is 54.8 Å². The molecule has 1 aromatic carbocycles. The molecular weight excluding hydrogens is 516 g/mol. The van der Waals surface area contributed by atoms with Gasteiger partial charge in [0.15, 0.2) is 17.8 Å². The second-order valence-electron chi connectivity index (χ2n) is 8.61. The molecule has 15 nitrogen and oxygen atoms in total. The number of carbonyl (C=O) groups is 1. The van der Waals surface area contributed by atoms with Crippen LogP contribution >= 0.6 is 0 Å². The number of aliphatic hydroxyl groups is 7. The van der Waals surface area contributed by atoms with E-state index in [0.717, 1.165) is 6.08 Å². The highest BCUT2D eigenvalue weighted by atomic mass is 16.8. The summed E-state index contributed by atoms with van der Waals surface area (Å²) in [5.41, 5.74) is 0.419. The van der Waals surface area contributed by atoms with E-state index in [9.17, 15) is 45.6 Å². The van der Waals surface area contributed by atoms with Crippen molar-refractivity contribution in [1.29, 1.82) is 0 Å². The molecule has 0 radical (unpaired) electrons. The zero-order valence-electron chi connectivity index (χ0n) is 20.5. The van der Waals surface area contributed by atoms with E-state index in [4.69, 9.17) is 28.4 Å². The van der Waals surface area contributed by atoms with Crippen LogP contribution in [0.15, 0.2) is 18.2 Å². The lowest BCUT2D eigenvalue weighted by Crippen LogP contribution is -2.62. The lowest BCUT2D eigenvalue weighted by Gasteiger charge is -2.43. The van der Waals surface area contributed by atoms with Gasteiger partial charge in [-0.05, 0) is 23.8 Å². The summed E-state index contributed by atoms with van der Waals surface area (Å²) >= 11 is 0. The number of carbonyl (C=O) groups excluding carboxylic acids is 1. The fourth-order valence-corrected chi connectivity index (χ4v) is 4.00. The second kappa shape index (κ2) is 12.5. The van der Waals surface area contributed by atoms with E-state index < -0.39 is 80.6 Å². The second-order valence-corrected chi connectivity index (χ2v) is 8.61. The van der Waals surface area contributed by atoms with E-state index in [1.165, 1.54) is 32.4 Å². The number of aromatic hydroxyl groups is 1. The molecule has 38 heavy (non-hydrogen) atoms. The molecule has 9 unspecified atom stereocenters. The van der Waals surface area contributed by atoms with Crippen molar-refractivity contribution in [1.82, 2.24) is 0 Å². The van der Waals surface area contributed by atoms with Crippen molar-refractivity contribution in [2.75, 3.05) is 34.0 Å². The fourth-order valence-electron chi connectivity index (χ4n) is 4.00. The highest BCUT2D eigenvalue weighted by Crippen LogP contribution is 2.38. The Kier molecular flexibility index (Phi) is 9.88. The van der Waals surface area contributed by atoms with Crippen molar-refractivity contribution in [2.24, 2.45) is 0 Å². The molecule has 2 fully saturated rings.